The summed E-state index contributed by atoms with van der Waals surface area (Å²) in [6.07, 6.45) is 0.348. The molecule has 1 N–H and O–H groups in total. The predicted molar refractivity (Wildman–Crippen MR) is 29.3 cm³/mol. The minimum atomic E-state index is -0.569. The smallest absolute Gasteiger partial charge is 0.167 e. The summed E-state index contributed by atoms with van der Waals surface area (Å²) in [4.78, 5) is 0.160. The van der Waals surface area contributed by atoms with Crippen LogP contribution in [0.25, 0.3) is 0 Å². The van der Waals surface area contributed by atoms with Crippen LogP contribution >= 0.6 is 15.9 Å². The summed E-state index contributed by atoms with van der Waals surface area (Å²) in [5.74, 6) is 0. The quantitative estimate of drug-likeness (QED) is 0.532. The zero-order valence-corrected chi connectivity index (χ0v) is 5.39. The SMILES string of the molecule is O[C@@H]1OCC[C@H]1Br. The Balaban J connectivity index is 2.33. The van der Waals surface area contributed by atoms with E-state index in [-0.39, 0.29) is 4.83 Å². The van der Waals surface area contributed by atoms with Gasteiger partial charge >= 0.3 is 0 Å². The number of alkyl halides is 1. The highest BCUT2D eigenvalue weighted by molar-refractivity contribution is 9.09. The molecule has 1 rings (SSSR count). The maximum absolute atomic E-state index is 8.73. The van der Waals surface area contributed by atoms with Crippen molar-refractivity contribution in [1.29, 1.82) is 0 Å². The van der Waals surface area contributed by atoms with Crippen LogP contribution in [0.15, 0.2) is 0 Å². The van der Waals surface area contributed by atoms with E-state index in [9.17, 15) is 0 Å². The highest BCUT2D eigenvalue weighted by Crippen LogP contribution is 2.18. The molecule has 2 nitrogen and oxygen atoms in total. The second-order valence-corrected chi connectivity index (χ2v) is 2.74. The van der Waals surface area contributed by atoms with Crippen molar-refractivity contribution in [3.8, 4) is 0 Å². The molecular weight excluding hydrogens is 160 g/mol. The molecule has 7 heavy (non-hydrogen) atoms. The molecule has 0 aromatic heterocycles. The molecule has 1 aliphatic rings. The minimum absolute atomic E-state index is 0.160. The van der Waals surface area contributed by atoms with E-state index in [0.29, 0.717) is 6.61 Å². The fraction of sp³-hybridized carbons (Fsp3) is 1.00. The molecule has 0 amide bonds. The van der Waals surface area contributed by atoms with Gasteiger partial charge < -0.3 is 9.84 Å². The monoisotopic (exact) mass is 166 g/mol. The Bertz CT molecular complexity index is 58.7. The summed E-state index contributed by atoms with van der Waals surface area (Å²) in [6.45, 7) is 0.678. The van der Waals surface area contributed by atoms with Gasteiger partial charge in [0.05, 0.1) is 11.4 Å². The van der Waals surface area contributed by atoms with Gasteiger partial charge in [-0.15, -0.1) is 0 Å². The number of aliphatic hydroxyl groups is 1. The number of ether oxygens (including phenoxy) is 1. The molecule has 0 bridgehead atoms. The van der Waals surface area contributed by atoms with E-state index in [1.165, 1.54) is 0 Å². The first-order valence-electron chi connectivity index (χ1n) is 2.24. The molecule has 0 unspecified atom stereocenters. The van der Waals surface area contributed by atoms with Crippen LogP contribution in [0.2, 0.25) is 0 Å². The Morgan fingerprint density at radius 1 is 1.71 bits per heavy atom. The molecule has 0 aromatic rings. The molecule has 42 valence electrons. The van der Waals surface area contributed by atoms with Crippen LogP contribution in [-0.2, 0) is 4.74 Å². The molecular formula is C4H7BrO2. The van der Waals surface area contributed by atoms with E-state index in [1.54, 1.807) is 0 Å². The topological polar surface area (TPSA) is 29.5 Å². The molecule has 0 saturated carbocycles. The third-order valence-electron chi connectivity index (χ3n) is 0.992. The van der Waals surface area contributed by atoms with Crippen molar-refractivity contribution in [3.63, 3.8) is 0 Å². The van der Waals surface area contributed by atoms with Crippen molar-refractivity contribution in [1.82, 2.24) is 0 Å². The largest absolute Gasteiger partial charge is 0.367 e. The normalized spacial score (nSPS) is 42.0. The maximum atomic E-state index is 8.73. The van der Waals surface area contributed by atoms with Gasteiger partial charge in [-0.25, -0.2) is 0 Å². The van der Waals surface area contributed by atoms with E-state index < -0.39 is 6.29 Å². The second kappa shape index (κ2) is 2.11. The molecule has 1 aliphatic heterocycles. The molecule has 3 heteroatoms. The molecule has 0 radical (unpaired) electrons. The lowest BCUT2D eigenvalue weighted by molar-refractivity contribution is -0.0553. The predicted octanol–water partition coefficient (Wildman–Crippen LogP) is 0.489. The average Bonchev–Trinajstić information content (AvgIpc) is 1.91. The van der Waals surface area contributed by atoms with Crippen LogP contribution < -0.4 is 0 Å². The lowest BCUT2D eigenvalue weighted by Gasteiger charge is -2.01. The maximum Gasteiger partial charge on any atom is 0.167 e. The standard InChI is InChI=1S/C4H7BrO2/c5-3-1-2-7-4(3)6/h3-4,6H,1-2H2/t3-,4-/m1/s1. The Morgan fingerprint density at radius 2 is 2.43 bits per heavy atom. The zero-order valence-electron chi connectivity index (χ0n) is 3.80. The molecule has 1 fully saturated rings. The number of rotatable bonds is 0. The van der Waals surface area contributed by atoms with Crippen molar-refractivity contribution in [2.75, 3.05) is 6.61 Å². The first-order valence-corrected chi connectivity index (χ1v) is 3.16. The lowest BCUT2D eigenvalue weighted by Crippen LogP contribution is -2.12. The zero-order chi connectivity index (χ0) is 5.28. The van der Waals surface area contributed by atoms with Crippen molar-refractivity contribution < 1.29 is 9.84 Å². The first kappa shape index (κ1) is 5.54. The molecule has 0 spiro atoms. The van der Waals surface area contributed by atoms with Crippen LogP contribution in [0.5, 0.6) is 0 Å². The minimum Gasteiger partial charge on any atom is -0.367 e. The molecule has 1 saturated heterocycles. The van der Waals surface area contributed by atoms with Crippen LogP contribution in [0.1, 0.15) is 6.42 Å². The molecule has 2 atom stereocenters. The van der Waals surface area contributed by atoms with E-state index in [0.717, 1.165) is 6.42 Å². The first-order chi connectivity index (χ1) is 3.30. The molecule has 0 aromatic carbocycles. The third-order valence-corrected chi connectivity index (χ3v) is 1.90. The van der Waals surface area contributed by atoms with E-state index in [4.69, 9.17) is 9.84 Å². The summed E-state index contributed by atoms with van der Waals surface area (Å²) >= 11 is 3.23. The number of aliphatic hydroxyl groups excluding tert-OH is 1. The van der Waals surface area contributed by atoms with Crippen LogP contribution in [-0.4, -0.2) is 22.8 Å². The summed E-state index contributed by atoms with van der Waals surface area (Å²) in [6, 6.07) is 0. The Morgan fingerprint density at radius 3 is 2.57 bits per heavy atom. The van der Waals surface area contributed by atoms with Gasteiger partial charge in [-0.1, -0.05) is 15.9 Å². The van der Waals surface area contributed by atoms with E-state index in [2.05, 4.69) is 15.9 Å². The lowest BCUT2D eigenvalue weighted by atomic mass is 10.4. The fourth-order valence-corrected chi connectivity index (χ4v) is 0.888. The van der Waals surface area contributed by atoms with Crippen molar-refractivity contribution >= 4 is 15.9 Å². The number of hydrogen-bond donors (Lipinski definition) is 1. The third kappa shape index (κ3) is 1.15. The Labute approximate surface area is 50.6 Å². The Kier molecular flexibility index (Phi) is 1.67. The van der Waals surface area contributed by atoms with Gasteiger partial charge in [0, 0.05) is 0 Å². The van der Waals surface area contributed by atoms with Gasteiger partial charge in [0.2, 0.25) is 0 Å². The second-order valence-electron chi connectivity index (χ2n) is 1.57. The fourth-order valence-electron chi connectivity index (χ4n) is 0.548. The van der Waals surface area contributed by atoms with Gasteiger partial charge in [-0.3, -0.25) is 0 Å². The van der Waals surface area contributed by atoms with E-state index in [1.807, 2.05) is 0 Å². The van der Waals surface area contributed by atoms with Gasteiger partial charge in [0.15, 0.2) is 6.29 Å². The van der Waals surface area contributed by atoms with Crippen LogP contribution in [0, 0.1) is 0 Å². The summed E-state index contributed by atoms with van der Waals surface area (Å²) < 4.78 is 4.77. The Hall–Kier alpha value is 0.400. The van der Waals surface area contributed by atoms with Gasteiger partial charge in [-0.2, -0.15) is 0 Å². The van der Waals surface area contributed by atoms with Crippen LogP contribution in [0.3, 0.4) is 0 Å². The van der Waals surface area contributed by atoms with Gasteiger partial charge in [0.1, 0.15) is 0 Å². The van der Waals surface area contributed by atoms with Gasteiger partial charge in [-0.05, 0) is 6.42 Å². The number of hydrogen-bond acceptors (Lipinski definition) is 2. The van der Waals surface area contributed by atoms with Crippen molar-refractivity contribution in [2.24, 2.45) is 0 Å². The molecule has 1 heterocycles. The average molecular weight is 167 g/mol. The highest BCUT2D eigenvalue weighted by Gasteiger charge is 2.22. The van der Waals surface area contributed by atoms with Crippen molar-refractivity contribution in [2.45, 2.75) is 17.5 Å². The summed E-state index contributed by atoms with van der Waals surface area (Å²) in [5, 5.41) is 8.73. The van der Waals surface area contributed by atoms with Crippen LogP contribution in [0.4, 0.5) is 0 Å². The number of halogens is 1. The van der Waals surface area contributed by atoms with Crippen molar-refractivity contribution in [3.05, 3.63) is 0 Å². The molecule has 0 aliphatic carbocycles. The highest BCUT2D eigenvalue weighted by atomic mass is 79.9. The summed E-state index contributed by atoms with van der Waals surface area (Å²) in [5.41, 5.74) is 0. The van der Waals surface area contributed by atoms with Gasteiger partial charge in [0.25, 0.3) is 0 Å². The van der Waals surface area contributed by atoms with E-state index >= 15 is 0 Å². The summed E-state index contributed by atoms with van der Waals surface area (Å²) in [7, 11) is 0.